The molecule has 3 aromatic rings. The molecule has 2 aromatic carbocycles. The molecule has 5 nitrogen and oxygen atoms in total. The second-order valence-electron chi connectivity index (χ2n) is 8.96. The Labute approximate surface area is 178 Å². The van der Waals surface area contributed by atoms with E-state index in [4.69, 9.17) is 5.10 Å². The standard InChI is InChI=1S/C24H23F2N3O2/c1-14-7-16(25)3-5-19(14)22-8-15(2)29(27-22)17-10-24(11-17)12-28(13-24)23(31)20-9-18(30)4-6-21(20)26/h3-9,17,30H,10-13H2,1-2H3. The predicted octanol–water partition coefficient (Wildman–Crippen LogP) is 4.63. The molecule has 1 amide bonds. The number of carbonyl (C=O) groups is 1. The molecular formula is C24H23F2N3O2. The average Bonchev–Trinajstić information content (AvgIpc) is 3.02. The first-order valence-electron chi connectivity index (χ1n) is 10.4. The lowest BCUT2D eigenvalue weighted by Crippen LogP contribution is -2.64. The van der Waals surface area contributed by atoms with Crippen LogP contribution in [0, 0.1) is 30.9 Å². The number of likely N-dealkylation sites (tertiary alicyclic amines) is 1. The van der Waals surface area contributed by atoms with Gasteiger partial charge in [-0.1, -0.05) is 0 Å². The fraction of sp³-hybridized carbons (Fsp3) is 0.333. The molecule has 1 spiro atoms. The van der Waals surface area contributed by atoms with E-state index in [1.165, 1.54) is 24.3 Å². The topological polar surface area (TPSA) is 58.4 Å². The molecular weight excluding hydrogens is 400 g/mol. The number of phenolic OH excluding ortho intramolecular Hbond substituents is 1. The molecule has 0 radical (unpaired) electrons. The SMILES string of the molecule is Cc1cc(F)ccc1-c1cc(C)n(C2CC3(C2)CN(C(=O)c2cc(O)ccc2F)C3)n1. The molecule has 1 aliphatic carbocycles. The summed E-state index contributed by atoms with van der Waals surface area (Å²) in [4.78, 5) is 14.2. The number of hydrogen-bond donors (Lipinski definition) is 1. The molecule has 1 saturated heterocycles. The van der Waals surface area contributed by atoms with Crippen LogP contribution in [0.25, 0.3) is 11.3 Å². The zero-order valence-corrected chi connectivity index (χ0v) is 17.4. The van der Waals surface area contributed by atoms with Crippen LogP contribution in [0.15, 0.2) is 42.5 Å². The van der Waals surface area contributed by atoms with Crippen LogP contribution in [-0.2, 0) is 0 Å². The number of rotatable bonds is 3. The first kappa shape index (κ1) is 19.7. The summed E-state index contributed by atoms with van der Waals surface area (Å²) in [5.41, 5.74) is 3.62. The summed E-state index contributed by atoms with van der Waals surface area (Å²) in [6.07, 6.45) is 1.81. The van der Waals surface area contributed by atoms with Crippen LogP contribution < -0.4 is 0 Å². The van der Waals surface area contributed by atoms with Gasteiger partial charge in [-0.05, 0) is 74.7 Å². The summed E-state index contributed by atoms with van der Waals surface area (Å²) in [6.45, 7) is 5.06. The molecule has 1 aromatic heterocycles. The molecule has 1 saturated carbocycles. The van der Waals surface area contributed by atoms with Crippen molar-refractivity contribution < 1.29 is 18.7 Å². The minimum Gasteiger partial charge on any atom is -0.508 e. The van der Waals surface area contributed by atoms with Gasteiger partial charge >= 0.3 is 0 Å². The Bertz CT molecular complexity index is 1190. The number of amides is 1. The van der Waals surface area contributed by atoms with Gasteiger partial charge in [0.2, 0.25) is 0 Å². The van der Waals surface area contributed by atoms with Crippen molar-refractivity contribution in [3.8, 4) is 17.0 Å². The first-order valence-corrected chi connectivity index (χ1v) is 10.4. The zero-order valence-electron chi connectivity index (χ0n) is 17.4. The van der Waals surface area contributed by atoms with E-state index in [0.29, 0.717) is 13.1 Å². The average molecular weight is 423 g/mol. The van der Waals surface area contributed by atoms with Crippen LogP contribution in [0.4, 0.5) is 8.78 Å². The lowest BCUT2D eigenvalue weighted by Gasteiger charge is -2.59. The van der Waals surface area contributed by atoms with Crippen LogP contribution in [0.3, 0.4) is 0 Å². The Balaban J connectivity index is 1.25. The molecule has 0 bridgehead atoms. The highest BCUT2D eigenvalue weighted by molar-refractivity contribution is 5.95. The van der Waals surface area contributed by atoms with E-state index in [0.717, 1.165) is 41.4 Å². The second kappa shape index (κ2) is 6.90. The van der Waals surface area contributed by atoms with Crippen LogP contribution >= 0.6 is 0 Å². The molecule has 1 aliphatic heterocycles. The zero-order chi connectivity index (χ0) is 21.9. The summed E-state index contributed by atoms with van der Waals surface area (Å²) in [7, 11) is 0. The van der Waals surface area contributed by atoms with E-state index >= 15 is 0 Å². The number of nitrogens with zero attached hydrogens (tertiary/aromatic N) is 3. The maximum absolute atomic E-state index is 14.0. The first-order chi connectivity index (χ1) is 14.7. The molecule has 0 unspecified atom stereocenters. The third kappa shape index (κ3) is 3.28. The Morgan fingerprint density at radius 3 is 2.55 bits per heavy atom. The number of benzene rings is 2. The maximum atomic E-state index is 14.0. The maximum Gasteiger partial charge on any atom is 0.257 e. The van der Waals surface area contributed by atoms with Crippen molar-refractivity contribution in [3.63, 3.8) is 0 Å². The fourth-order valence-electron chi connectivity index (χ4n) is 5.03. The summed E-state index contributed by atoms with van der Waals surface area (Å²) in [6, 6.07) is 10.5. The second-order valence-corrected chi connectivity index (χ2v) is 8.96. The lowest BCUT2D eigenvalue weighted by atomic mass is 9.60. The van der Waals surface area contributed by atoms with Gasteiger partial charge in [0.05, 0.1) is 17.3 Å². The van der Waals surface area contributed by atoms with Crippen molar-refractivity contribution in [2.75, 3.05) is 13.1 Å². The number of phenols is 1. The van der Waals surface area contributed by atoms with Gasteiger partial charge in [0.15, 0.2) is 0 Å². The van der Waals surface area contributed by atoms with Gasteiger partial charge in [0, 0.05) is 29.8 Å². The van der Waals surface area contributed by atoms with Crippen molar-refractivity contribution in [3.05, 3.63) is 70.9 Å². The van der Waals surface area contributed by atoms with Crippen molar-refractivity contribution >= 4 is 5.91 Å². The number of halogens is 2. The van der Waals surface area contributed by atoms with Gasteiger partial charge in [0.25, 0.3) is 5.91 Å². The van der Waals surface area contributed by atoms with Crippen molar-refractivity contribution in [2.24, 2.45) is 5.41 Å². The molecule has 160 valence electrons. The highest BCUT2D eigenvalue weighted by atomic mass is 19.1. The number of aromatic nitrogens is 2. The third-order valence-corrected chi connectivity index (χ3v) is 6.59. The van der Waals surface area contributed by atoms with Gasteiger partial charge in [-0.2, -0.15) is 5.10 Å². The molecule has 2 fully saturated rings. The summed E-state index contributed by atoms with van der Waals surface area (Å²) >= 11 is 0. The third-order valence-electron chi connectivity index (χ3n) is 6.59. The molecule has 5 rings (SSSR count). The van der Waals surface area contributed by atoms with Gasteiger partial charge in [-0.25, -0.2) is 8.78 Å². The fourth-order valence-corrected chi connectivity index (χ4v) is 5.03. The molecule has 0 atom stereocenters. The number of aromatic hydroxyl groups is 1. The smallest absolute Gasteiger partial charge is 0.257 e. The molecule has 31 heavy (non-hydrogen) atoms. The molecule has 7 heteroatoms. The normalized spacial score (nSPS) is 17.5. The minimum atomic E-state index is -0.619. The number of carbonyl (C=O) groups excluding carboxylic acids is 1. The summed E-state index contributed by atoms with van der Waals surface area (Å²) < 4.78 is 29.4. The largest absolute Gasteiger partial charge is 0.508 e. The molecule has 2 aliphatic rings. The van der Waals surface area contributed by atoms with Gasteiger partial charge in [-0.15, -0.1) is 0 Å². The monoisotopic (exact) mass is 423 g/mol. The van der Waals surface area contributed by atoms with Gasteiger partial charge < -0.3 is 10.0 Å². The lowest BCUT2D eigenvalue weighted by molar-refractivity contribution is -0.0743. The minimum absolute atomic E-state index is 0.0535. The Morgan fingerprint density at radius 1 is 1.10 bits per heavy atom. The molecule has 1 N–H and O–H groups in total. The van der Waals surface area contributed by atoms with Crippen molar-refractivity contribution in [2.45, 2.75) is 32.7 Å². The van der Waals surface area contributed by atoms with Crippen molar-refractivity contribution in [1.82, 2.24) is 14.7 Å². The van der Waals surface area contributed by atoms with Gasteiger partial charge in [-0.3, -0.25) is 9.48 Å². The van der Waals surface area contributed by atoms with Crippen LogP contribution in [0.1, 0.15) is 40.5 Å². The van der Waals surface area contributed by atoms with Gasteiger partial charge in [0.1, 0.15) is 17.4 Å². The Morgan fingerprint density at radius 2 is 1.84 bits per heavy atom. The van der Waals surface area contributed by atoms with Crippen LogP contribution in [0.5, 0.6) is 5.75 Å². The van der Waals surface area contributed by atoms with E-state index in [9.17, 15) is 18.7 Å². The van der Waals surface area contributed by atoms with E-state index in [2.05, 4.69) is 0 Å². The van der Waals surface area contributed by atoms with E-state index in [1.807, 2.05) is 24.6 Å². The molecule has 2 heterocycles. The highest BCUT2D eigenvalue weighted by Gasteiger charge is 2.54. The summed E-state index contributed by atoms with van der Waals surface area (Å²) in [5.74, 6) is -1.38. The predicted molar refractivity (Wildman–Crippen MR) is 112 cm³/mol. The summed E-state index contributed by atoms with van der Waals surface area (Å²) in [5, 5.41) is 14.3. The van der Waals surface area contributed by atoms with E-state index in [1.54, 1.807) is 11.0 Å². The Kier molecular flexibility index (Phi) is 4.39. The number of aryl methyl sites for hydroxylation is 2. The highest BCUT2D eigenvalue weighted by Crippen LogP contribution is 2.54. The quantitative estimate of drug-likeness (QED) is 0.668. The van der Waals surface area contributed by atoms with Crippen LogP contribution in [0.2, 0.25) is 0 Å². The van der Waals surface area contributed by atoms with Crippen molar-refractivity contribution in [1.29, 1.82) is 0 Å². The van der Waals surface area contributed by atoms with Crippen LogP contribution in [-0.4, -0.2) is 38.8 Å². The number of hydrogen-bond acceptors (Lipinski definition) is 3. The Hall–Kier alpha value is -3.22. The van der Waals surface area contributed by atoms with E-state index in [-0.39, 0.29) is 34.5 Å². The van der Waals surface area contributed by atoms with E-state index < -0.39 is 5.82 Å².